The molecule has 6 heteroatoms. The van der Waals surface area contributed by atoms with Crippen molar-refractivity contribution in [1.82, 2.24) is 0 Å². The molecule has 128 valence electrons. The zero-order chi connectivity index (χ0) is 16.8. The lowest BCUT2D eigenvalue weighted by molar-refractivity contribution is -0.165. The summed E-state index contributed by atoms with van der Waals surface area (Å²) in [4.78, 5) is 22.7. The van der Waals surface area contributed by atoms with Crippen molar-refractivity contribution in [2.24, 2.45) is 0 Å². The first-order valence-electron chi connectivity index (χ1n) is 7.95. The molecule has 0 aliphatic heterocycles. The Morgan fingerprint density at radius 2 is 1.18 bits per heavy atom. The fraction of sp³-hybridized carbons (Fsp3) is 0.750. The minimum Gasteiger partial charge on any atom is -0.433 e. The highest BCUT2D eigenvalue weighted by Gasteiger charge is 2.11. The van der Waals surface area contributed by atoms with Gasteiger partial charge in [-0.3, -0.25) is 0 Å². The van der Waals surface area contributed by atoms with Gasteiger partial charge in [-0.15, -0.1) is 0 Å². The summed E-state index contributed by atoms with van der Waals surface area (Å²) in [6, 6.07) is 0. The number of aliphatic hydroxyl groups excluding tert-OH is 2. The standard InChI is InChI=1S/C16H28O6/c1-3-5-7-9-13(17)21-15(19)11-12-16(20)22-14(18)10-8-6-4-2/h11-14,17-18H,3-10H2,1-2H3. The van der Waals surface area contributed by atoms with Gasteiger partial charge in [0.25, 0.3) is 0 Å². The van der Waals surface area contributed by atoms with E-state index in [0.717, 1.165) is 50.7 Å². The Balaban J connectivity index is 3.92. The smallest absolute Gasteiger partial charge is 0.333 e. The minimum atomic E-state index is -1.17. The van der Waals surface area contributed by atoms with E-state index in [2.05, 4.69) is 0 Å². The van der Waals surface area contributed by atoms with Crippen LogP contribution in [0.15, 0.2) is 12.2 Å². The van der Waals surface area contributed by atoms with Crippen LogP contribution in [-0.2, 0) is 19.1 Å². The van der Waals surface area contributed by atoms with Crippen LogP contribution in [0.25, 0.3) is 0 Å². The molecule has 0 aliphatic rings. The summed E-state index contributed by atoms with van der Waals surface area (Å²) >= 11 is 0. The summed E-state index contributed by atoms with van der Waals surface area (Å²) in [5, 5.41) is 18.9. The molecule has 0 aromatic carbocycles. The molecular weight excluding hydrogens is 288 g/mol. The lowest BCUT2D eigenvalue weighted by atomic mass is 10.2. The second-order valence-corrected chi connectivity index (χ2v) is 5.11. The van der Waals surface area contributed by atoms with Crippen LogP contribution in [0.1, 0.15) is 65.2 Å². The molecule has 2 N–H and O–H groups in total. The average molecular weight is 316 g/mol. The molecular formula is C16H28O6. The number of hydrogen-bond acceptors (Lipinski definition) is 6. The van der Waals surface area contributed by atoms with Crippen molar-refractivity contribution in [3.05, 3.63) is 12.2 Å². The summed E-state index contributed by atoms with van der Waals surface area (Å²) in [5.41, 5.74) is 0. The van der Waals surface area contributed by atoms with E-state index in [1.54, 1.807) is 0 Å². The van der Waals surface area contributed by atoms with Crippen LogP contribution in [0.2, 0.25) is 0 Å². The highest BCUT2D eigenvalue weighted by molar-refractivity contribution is 5.91. The van der Waals surface area contributed by atoms with Gasteiger partial charge in [-0.05, 0) is 12.8 Å². The van der Waals surface area contributed by atoms with Gasteiger partial charge in [0.1, 0.15) is 0 Å². The van der Waals surface area contributed by atoms with Crippen molar-refractivity contribution >= 4 is 11.9 Å². The molecule has 0 heterocycles. The Bertz CT molecular complexity index is 308. The van der Waals surface area contributed by atoms with Gasteiger partial charge in [-0.2, -0.15) is 0 Å². The van der Waals surface area contributed by atoms with Crippen molar-refractivity contribution in [2.75, 3.05) is 0 Å². The topological polar surface area (TPSA) is 93.1 Å². The molecule has 6 nitrogen and oxygen atoms in total. The molecule has 0 radical (unpaired) electrons. The van der Waals surface area contributed by atoms with E-state index in [1.807, 2.05) is 13.8 Å². The fourth-order valence-corrected chi connectivity index (χ4v) is 1.74. The zero-order valence-electron chi connectivity index (χ0n) is 13.5. The summed E-state index contributed by atoms with van der Waals surface area (Å²) in [5.74, 6) is -1.64. The molecule has 0 spiro atoms. The van der Waals surface area contributed by atoms with E-state index < -0.39 is 24.5 Å². The van der Waals surface area contributed by atoms with Crippen molar-refractivity contribution in [1.29, 1.82) is 0 Å². The Morgan fingerprint density at radius 3 is 1.50 bits per heavy atom. The lowest BCUT2D eigenvalue weighted by Crippen LogP contribution is -2.18. The SMILES string of the molecule is CCCCCC(O)OC(=O)C=CC(=O)OC(O)CCCCC. The zero-order valence-corrected chi connectivity index (χ0v) is 13.5. The predicted molar refractivity (Wildman–Crippen MR) is 81.6 cm³/mol. The van der Waals surface area contributed by atoms with E-state index >= 15 is 0 Å². The second kappa shape index (κ2) is 13.3. The first kappa shape index (κ1) is 20.6. The van der Waals surface area contributed by atoms with Gasteiger partial charge in [-0.25, -0.2) is 9.59 Å². The highest BCUT2D eigenvalue weighted by Crippen LogP contribution is 2.06. The van der Waals surface area contributed by atoms with Gasteiger partial charge < -0.3 is 19.7 Å². The van der Waals surface area contributed by atoms with Crippen LogP contribution >= 0.6 is 0 Å². The maximum atomic E-state index is 11.3. The van der Waals surface area contributed by atoms with E-state index in [-0.39, 0.29) is 0 Å². The van der Waals surface area contributed by atoms with Crippen LogP contribution in [0.3, 0.4) is 0 Å². The third kappa shape index (κ3) is 12.3. The summed E-state index contributed by atoms with van der Waals surface area (Å²) in [6.45, 7) is 4.06. The van der Waals surface area contributed by atoms with Gasteiger partial charge in [0.15, 0.2) is 0 Å². The Kier molecular flexibility index (Phi) is 12.4. The molecule has 0 rings (SSSR count). The van der Waals surface area contributed by atoms with E-state index in [9.17, 15) is 19.8 Å². The Morgan fingerprint density at radius 1 is 0.818 bits per heavy atom. The van der Waals surface area contributed by atoms with E-state index in [4.69, 9.17) is 9.47 Å². The number of aliphatic hydroxyl groups is 2. The number of ether oxygens (including phenoxy) is 2. The monoisotopic (exact) mass is 316 g/mol. The molecule has 0 bridgehead atoms. The van der Waals surface area contributed by atoms with Crippen molar-refractivity contribution in [3.63, 3.8) is 0 Å². The normalized spacial score (nSPS) is 13.8. The van der Waals surface area contributed by atoms with Gasteiger partial charge in [0.2, 0.25) is 12.6 Å². The summed E-state index contributed by atoms with van der Waals surface area (Å²) in [7, 11) is 0. The number of rotatable bonds is 12. The number of esters is 2. The Labute approximate surface area is 132 Å². The maximum absolute atomic E-state index is 11.3. The molecule has 0 saturated heterocycles. The number of carbonyl (C=O) groups is 2. The first-order valence-corrected chi connectivity index (χ1v) is 7.95. The maximum Gasteiger partial charge on any atom is 0.333 e. The van der Waals surface area contributed by atoms with Crippen molar-refractivity contribution < 1.29 is 29.3 Å². The molecule has 22 heavy (non-hydrogen) atoms. The van der Waals surface area contributed by atoms with Crippen molar-refractivity contribution in [2.45, 2.75) is 77.8 Å². The molecule has 0 amide bonds. The minimum absolute atomic E-state index is 0.369. The second-order valence-electron chi connectivity index (χ2n) is 5.11. The van der Waals surface area contributed by atoms with E-state index in [1.165, 1.54) is 0 Å². The molecule has 0 aromatic heterocycles. The third-order valence-electron chi connectivity index (χ3n) is 2.97. The van der Waals surface area contributed by atoms with E-state index in [0.29, 0.717) is 12.8 Å². The van der Waals surface area contributed by atoms with Gasteiger partial charge in [0.05, 0.1) is 0 Å². The molecule has 0 saturated carbocycles. The summed E-state index contributed by atoms with van der Waals surface area (Å²) in [6.07, 6.45) is 5.61. The van der Waals surface area contributed by atoms with Crippen LogP contribution in [0, 0.1) is 0 Å². The molecule has 0 aromatic rings. The molecule has 2 atom stereocenters. The Hall–Kier alpha value is -1.40. The average Bonchev–Trinajstić information content (AvgIpc) is 2.45. The van der Waals surface area contributed by atoms with Crippen LogP contribution in [0.5, 0.6) is 0 Å². The summed E-state index contributed by atoms with van der Waals surface area (Å²) < 4.78 is 9.38. The van der Waals surface area contributed by atoms with Crippen LogP contribution < -0.4 is 0 Å². The van der Waals surface area contributed by atoms with Gasteiger partial charge in [0, 0.05) is 25.0 Å². The number of hydrogen-bond donors (Lipinski definition) is 2. The first-order chi connectivity index (χ1) is 10.5. The van der Waals surface area contributed by atoms with Gasteiger partial charge in [-0.1, -0.05) is 39.5 Å². The van der Waals surface area contributed by atoms with Crippen LogP contribution in [-0.4, -0.2) is 34.7 Å². The van der Waals surface area contributed by atoms with Crippen molar-refractivity contribution in [3.8, 4) is 0 Å². The number of carbonyl (C=O) groups excluding carboxylic acids is 2. The molecule has 2 unspecified atom stereocenters. The predicted octanol–water partition coefficient (Wildman–Crippen LogP) is 2.43. The number of unbranched alkanes of at least 4 members (excludes halogenated alkanes) is 4. The van der Waals surface area contributed by atoms with Crippen LogP contribution in [0.4, 0.5) is 0 Å². The largest absolute Gasteiger partial charge is 0.433 e. The lowest BCUT2D eigenvalue weighted by Gasteiger charge is -2.10. The van der Waals surface area contributed by atoms with Gasteiger partial charge >= 0.3 is 11.9 Å². The third-order valence-corrected chi connectivity index (χ3v) is 2.97. The fourth-order valence-electron chi connectivity index (χ4n) is 1.74. The quantitative estimate of drug-likeness (QED) is 0.249. The highest BCUT2D eigenvalue weighted by atomic mass is 16.6. The molecule has 0 aliphatic carbocycles. The molecule has 0 fully saturated rings.